The first-order valence-electron chi connectivity index (χ1n) is 23.2. The molecule has 386 valence electrons. The minimum Gasteiger partial charge on any atom is -0.462 e. The van der Waals surface area contributed by atoms with Crippen molar-refractivity contribution in [2.75, 3.05) is 19.8 Å². The zero-order valence-corrected chi connectivity index (χ0v) is 38.8. The van der Waals surface area contributed by atoms with Gasteiger partial charge in [-0.15, -0.1) is 0 Å². The molecule has 2 bridgehead atoms. The van der Waals surface area contributed by atoms with Crippen molar-refractivity contribution < 1.29 is 89.8 Å². The molecule has 0 aromatic heterocycles. The highest BCUT2D eigenvalue weighted by Crippen LogP contribution is 2.38. The first-order chi connectivity index (χ1) is 32.2. The lowest BCUT2D eigenvalue weighted by atomic mass is 9.82. The van der Waals surface area contributed by atoms with E-state index in [1.807, 2.05) is 6.92 Å². The number of aliphatic hydroxyl groups excluding tert-OH is 11. The summed E-state index contributed by atoms with van der Waals surface area (Å²) >= 11 is 0. The van der Waals surface area contributed by atoms with Crippen LogP contribution in [0.2, 0.25) is 0 Å². The highest BCUT2D eigenvalue weighted by Gasteiger charge is 2.50. The predicted molar refractivity (Wildman–Crippen MR) is 246 cm³/mol. The molecule has 2 fully saturated rings. The van der Waals surface area contributed by atoms with Crippen LogP contribution in [0.1, 0.15) is 71.6 Å². The summed E-state index contributed by atoms with van der Waals surface area (Å²) in [5.74, 6) is -5.59. The standard InChI is InChI=1S/C48H76N2O18/c1-29-15-13-11-9-7-5-3-4-6-8-10-12-14-16-35(67-47-45(62)44(49)40(60)28-65-47)23-41-43(46(63)50-26-34(55)27-51)39(59)25-48(64,68-41)24-33(54)21-38(58)36(56)18-17-31(52)20-32(53)22-42(61)66-30(2)19-37(29)57/h3-16,29-41,43-45,47,51-60,62,64H,17-28,49H2,1-2H3,(H,50,63)/b4-3+,7-5+,8-6+,11-9+,12-10+,15-13+,16-14+/t29-,30-,31?,32?,33?,34?,35?,36?,37-,38?,39-,40+,41-,43?,44-,45-,47-,48?/m0/s1. The van der Waals surface area contributed by atoms with Gasteiger partial charge in [-0.2, -0.15) is 0 Å². The largest absolute Gasteiger partial charge is 0.462 e. The molecule has 0 radical (unpaired) electrons. The van der Waals surface area contributed by atoms with Gasteiger partial charge in [-0.05, 0) is 26.2 Å². The summed E-state index contributed by atoms with van der Waals surface area (Å²) in [5.41, 5.74) is 5.98. The van der Waals surface area contributed by atoms with Crippen LogP contribution in [0.5, 0.6) is 0 Å². The third kappa shape index (κ3) is 21.2. The number of nitrogens with two attached hydrogens (primary N) is 1. The summed E-state index contributed by atoms with van der Waals surface area (Å²) in [6, 6.07) is -1.14. The van der Waals surface area contributed by atoms with Crippen LogP contribution in [0.25, 0.3) is 0 Å². The number of cyclic esters (lactones) is 1. The molecule has 3 aliphatic heterocycles. The molecule has 3 aliphatic rings. The fourth-order valence-corrected chi connectivity index (χ4v) is 7.91. The van der Waals surface area contributed by atoms with Crippen molar-refractivity contribution in [1.82, 2.24) is 5.32 Å². The summed E-state index contributed by atoms with van der Waals surface area (Å²) in [7, 11) is 0. The summed E-state index contributed by atoms with van der Waals surface area (Å²) in [6.45, 7) is 2.09. The molecule has 15 N–H and O–H groups in total. The van der Waals surface area contributed by atoms with E-state index in [2.05, 4.69) is 5.32 Å². The molecule has 20 nitrogen and oxygen atoms in total. The summed E-state index contributed by atoms with van der Waals surface area (Å²) < 4.78 is 23.1. The number of carbonyl (C=O) groups is 2. The lowest BCUT2D eigenvalue weighted by Crippen LogP contribution is -2.59. The number of rotatable bonds is 6. The van der Waals surface area contributed by atoms with Crippen LogP contribution in [-0.2, 0) is 28.5 Å². The monoisotopic (exact) mass is 969 g/mol. The maximum Gasteiger partial charge on any atom is 0.308 e. The second-order valence-electron chi connectivity index (χ2n) is 17.9. The Bertz CT molecular complexity index is 1710. The lowest BCUT2D eigenvalue weighted by Gasteiger charge is -2.45. The molecule has 0 aromatic rings. The molecule has 20 heteroatoms. The molecule has 18 atom stereocenters. The predicted octanol–water partition coefficient (Wildman–Crippen LogP) is -1.54. The van der Waals surface area contributed by atoms with Crippen LogP contribution in [0.15, 0.2) is 85.1 Å². The minimum absolute atomic E-state index is 0.115. The Morgan fingerprint density at radius 1 is 0.750 bits per heavy atom. The van der Waals surface area contributed by atoms with Gasteiger partial charge in [-0.25, -0.2) is 0 Å². The number of allylic oxidation sites excluding steroid dienone is 12. The Labute approximate surface area is 397 Å². The van der Waals surface area contributed by atoms with Gasteiger partial charge < -0.3 is 91.3 Å². The van der Waals surface area contributed by atoms with Gasteiger partial charge in [-0.3, -0.25) is 9.59 Å². The molecule has 2 saturated heterocycles. The van der Waals surface area contributed by atoms with Gasteiger partial charge in [0.05, 0.1) is 98.7 Å². The van der Waals surface area contributed by atoms with E-state index in [1.54, 1.807) is 85.9 Å². The van der Waals surface area contributed by atoms with Gasteiger partial charge in [-0.1, -0.05) is 92.0 Å². The zero-order chi connectivity index (χ0) is 50.4. The number of hydrogen-bond acceptors (Lipinski definition) is 19. The average Bonchev–Trinajstić information content (AvgIpc) is 3.26. The molecule has 9 unspecified atom stereocenters. The van der Waals surface area contributed by atoms with E-state index >= 15 is 0 Å². The van der Waals surface area contributed by atoms with Crippen LogP contribution >= 0.6 is 0 Å². The Kier molecular flexibility index (Phi) is 26.2. The molecule has 0 spiro atoms. The molecule has 0 aromatic carbocycles. The molecule has 0 aliphatic carbocycles. The Balaban J connectivity index is 1.90. The summed E-state index contributed by atoms with van der Waals surface area (Å²) in [4.78, 5) is 26.1. The minimum atomic E-state index is -2.34. The molecular weight excluding hydrogens is 893 g/mol. The maximum atomic E-state index is 13.6. The number of ether oxygens (including phenoxy) is 4. The second kappa shape index (κ2) is 30.3. The van der Waals surface area contributed by atoms with Crippen molar-refractivity contribution in [3.05, 3.63) is 85.1 Å². The summed E-state index contributed by atoms with van der Waals surface area (Å²) in [5, 5.41) is 130. The average molecular weight is 969 g/mol. The van der Waals surface area contributed by atoms with E-state index in [4.69, 9.17) is 24.7 Å². The normalized spacial score (nSPS) is 42.2. The number of nitrogens with one attached hydrogen (secondary N) is 1. The Hall–Kier alpha value is -3.52. The fraction of sp³-hybridized carbons (Fsp3) is 0.667. The van der Waals surface area contributed by atoms with Crippen LogP contribution < -0.4 is 11.1 Å². The van der Waals surface area contributed by atoms with Crippen molar-refractivity contribution in [1.29, 1.82) is 0 Å². The smallest absolute Gasteiger partial charge is 0.308 e. The van der Waals surface area contributed by atoms with Crippen molar-refractivity contribution in [3.63, 3.8) is 0 Å². The molecular formula is C48H76N2O18. The zero-order valence-electron chi connectivity index (χ0n) is 38.8. The maximum absolute atomic E-state index is 13.6. The highest BCUT2D eigenvalue weighted by atomic mass is 16.7. The van der Waals surface area contributed by atoms with E-state index < -0.39 is 154 Å². The number of aliphatic hydroxyl groups is 12. The van der Waals surface area contributed by atoms with Gasteiger partial charge in [0.15, 0.2) is 12.1 Å². The molecule has 3 heterocycles. The van der Waals surface area contributed by atoms with Gasteiger partial charge >= 0.3 is 5.97 Å². The number of hydrogen-bond donors (Lipinski definition) is 14. The lowest BCUT2D eigenvalue weighted by molar-refractivity contribution is -0.304. The van der Waals surface area contributed by atoms with Gasteiger partial charge in [0.2, 0.25) is 5.91 Å². The number of carbonyl (C=O) groups excluding carboxylic acids is 2. The van der Waals surface area contributed by atoms with Crippen LogP contribution in [-0.4, -0.2) is 190 Å². The third-order valence-electron chi connectivity index (χ3n) is 11.8. The third-order valence-corrected chi connectivity index (χ3v) is 11.8. The van der Waals surface area contributed by atoms with E-state index in [0.29, 0.717) is 0 Å². The Morgan fingerprint density at radius 3 is 1.97 bits per heavy atom. The first-order valence-corrected chi connectivity index (χ1v) is 23.2. The SMILES string of the molecule is C[C@H]1C[C@H](O)[C@@H](C)/C=C/C=C/C=C/C=C/C=C/C=C/C=C/C(O[C@@H]2OC[C@@H](O)[C@H](N)[C@@H]2O)C[C@@H]2OC(O)(CC(O)CC(O)C(O)CCC(O)CC(O)CC(=O)O1)C[C@H](O)C2C(=O)NCC(O)CO. The molecule has 68 heavy (non-hydrogen) atoms. The second-order valence-corrected chi connectivity index (χ2v) is 17.9. The van der Waals surface area contributed by atoms with Crippen molar-refractivity contribution >= 4 is 11.9 Å². The Morgan fingerprint density at radius 2 is 1.35 bits per heavy atom. The summed E-state index contributed by atoms with van der Waals surface area (Å²) in [6.07, 6.45) is 3.20. The van der Waals surface area contributed by atoms with E-state index in [9.17, 15) is 70.9 Å². The van der Waals surface area contributed by atoms with Gasteiger partial charge in [0, 0.05) is 44.6 Å². The first kappa shape index (κ1) is 58.8. The quantitative estimate of drug-likeness (QED) is 0.134. The molecule has 1 amide bonds. The van der Waals surface area contributed by atoms with Crippen LogP contribution in [0, 0.1) is 11.8 Å². The van der Waals surface area contributed by atoms with Gasteiger partial charge in [0.1, 0.15) is 12.2 Å². The number of fused-ring (bicyclic) bond motifs is 2. The van der Waals surface area contributed by atoms with E-state index in [0.717, 1.165) is 0 Å². The van der Waals surface area contributed by atoms with Crippen molar-refractivity contribution in [2.24, 2.45) is 17.6 Å². The number of esters is 1. The van der Waals surface area contributed by atoms with E-state index in [1.165, 1.54) is 6.08 Å². The fourth-order valence-electron chi connectivity index (χ4n) is 7.91. The van der Waals surface area contributed by atoms with Crippen LogP contribution in [0.4, 0.5) is 0 Å². The topological polar surface area (TPSA) is 352 Å². The number of amides is 1. The van der Waals surface area contributed by atoms with E-state index in [-0.39, 0.29) is 44.6 Å². The van der Waals surface area contributed by atoms with Gasteiger partial charge in [0.25, 0.3) is 0 Å². The van der Waals surface area contributed by atoms with Crippen molar-refractivity contribution in [2.45, 2.75) is 169 Å². The highest BCUT2D eigenvalue weighted by molar-refractivity contribution is 5.80. The molecule has 0 saturated carbocycles. The van der Waals surface area contributed by atoms with Crippen molar-refractivity contribution in [3.8, 4) is 0 Å². The molecule has 3 rings (SSSR count). The van der Waals surface area contributed by atoms with Crippen LogP contribution in [0.3, 0.4) is 0 Å².